The molecule has 2 heterocycles. The van der Waals surface area contributed by atoms with Gasteiger partial charge in [0.15, 0.2) is 0 Å². The number of piperidine rings is 1. The molecular formula is C22H27N3O5S. The summed E-state index contributed by atoms with van der Waals surface area (Å²) in [4.78, 5) is 13.2. The zero-order valence-corrected chi connectivity index (χ0v) is 18.3. The molecule has 31 heavy (non-hydrogen) atoms. The molecule has 1 N–H and O–H groups in total. The Morgan fingerprint density at radius 3 is 2.65 bits per heavy atom. The SMILES string of the molecule is C[C@H]1CCCN(S(=O)(=O)c2ccc(N3CC[C@@H](O)c4ccccc4C3)c([N+](=O)[O-])c2)C1. The number of hydrogen-bond donors (Lipinski definition) is 1. The maximum absolute atomic E-state index is 13.1. The Kier molecular flexibility index (Phi) is 6.00. The van der Waals surface area contributed by atoms with Crippen LogP contribution >= 0.6 is 0 Å². The van der Waals surface area contributed by atoms with Crippen molar-refractivity contribution < 1.29 is 18.4 Å². The lowest BCUT2D eigenvalue weighted by Crippen LogP contribution is -2.39. The van der Waals surface area contributed by atoms with Crippen LogP contribution in [0.3, 0.4) is 0 Å². The first-order chi connectivity index (χ1) is 14.8. The number of rotatable bonds is 4. The van der Waals surface area contributed by atoms with E-state index in [0.29, 0.717) is 38.3 Å². The van der Waals surface area contributed by atoms with Crippen LogP contribution in [0.2, 0.25) is 0 Å². The lowest BCUT2D eigenvalue weighted by Gasteiger charge is -2.30. The lowest BCUT2D eigenvalue weighted by molar-refractivity contribution is -0.384. The molecule has 2 aromatic rings. The van der Waals surface area contributed by atoms with Gasteiger partial charge in [-0.15, -0.1) is 0 Å². The number of hydrogen-bond acceptors (Lipinski definition) is 6. The average molecular weight is 446 g/mol. The minimum Gasteiger partial charge on any atom is -0.388 e. The normalized spacial score (nSPS) is 22.6. The van der Waals surface area contributed by atoms with Crippen LogP contribution in [0, 0.1) is 16.0 Å². The third-order valence-corrected chi connectivity index (χ3v) is 8.05. The molecule has 2 atom stereocenters. The number of nitro groups is 1. The van der Waals surface area contributed by atoms with Gasteiger partial charge < -0.3 is 10.0 Å². The predicted molar refractivity (Wildman–Crippen MR) is 117 cm³/mol. The summed E-state index contributed by atoms with van der Waals surface area (Å²) in [6.07, 6.45) is 1.56. The second-order valence-corrected chi connectivity index (χ2v) is 10.4. The van der Waals surface area contributed by atoms with Crippen LogP contribution in [-0.2, 0) is 16.6 Å². The average Bonchev–Trinajstić information content (AvgIpc) is 2.92. The molecule has 0 aliphatic carbocycles. The van der Waals surface area contributed by atoms with Crippen LogP contribution in [0.4, 0.5) is 11.4 Å². The van der Waals surface area contributed by atoms with E-state index in [1.54, 1.807) is 0 Å². The summed E-state index contributed by atoms with van der Waals surface area (Å²) in [5, 5.41) is 22.3. The van der Waals surface area contributed by atoms with Crippen LogP contribution in [0.25, 0.3) is 0 Å². The molecule has 2 aliphatic rings. The first-order valence-electron chi connectivity index (χ1n) is 10.6. The van der Waals surface area contributed by atoms with E-state index < -0.39 is 21.1 Å². The monoisotopic (exact) mass is 445 g/mol. The Morgan fingerprint density at radius 2 is 1.90 bits per heavy atom. The highest BCUT2D eigenvalue weighted by Gasteiger charge is 2.32. The van der Waals surface area contributed by atoms with Gasteiger partial charge >= 0.3 is 0 Å². The molecule has 0 aromatic heterocycles. The molecule has 8 nitrogen and oxygen atoms in total. The highest BCUT2D eigenvalue weighted by atomic mass is 32.2. The second-order valence-electron chi connectivity index (χ2n) is 8.44. The predicted octanol–water partition coefficient (Wildman–Crippen LogP) is 3.46. The Labute approximate surface area is 182 Å². The summed E-state index contributed by atoms with van der Waals surface area (Å²) >= 11 is 0. The van der Waals surface area contributed by atoms with Gasteiger partial charge in [-0.05, 0) is 48.4 Å². The molecule has 0 spiro atoms. The minimum atomic E-state index is -3.79. The maximum Gasteiger partial charge on any atom is 0.293 e. The maximum atomic E-state index is 13.1. The number of nitrogens with zero attached hydrogens (tertiary/aromatic N) is 3. The van der Waals surface area contributed by atoms with Gasteiger partial charge in [-0.3, -0.25) is 10.1 Å². The summed E-state index contributed by atoms with van der Waals surface area (Å²) in [5.74, 6) is 0.265. The summed E-state index contributed by atoms with van der Waals surface area (Å²) in [6.45, 7) is 3.71. The zero-order chi connectivity index (χ0) is 22.2. The highest BCUT2D eigenvalue weighted by molar-refractivity contribution is 7.89. The fourth-order valence-electron chi connectivity index (χ4n) is 4.52. The van der Waals surface area contributed by atoms with Crippen molar-refractivity contribution in [1.82, 2.24) is 4.31 Å². The molecule has 0 amide bonds. The van der Waals surface area contributed by atoms with Gasteiger partial charge in [-0.1, -0.05) is 31.2 Å². The van der Waals surface area contributed by atoms with Crippen LogP contribution < -0.4 is 4.90 Å². The van der Waals surface area contributed by atoms with Gasteiger partial charge in [-0.25, -0.2) is 8.42 Å². The molecule has 1 saturated heterocycles. The quantitative estimate of drug-likeness (QED) is 0.571. The van der Waals surface area contributed by atoms with Crippen molar-refractivity contribution in [1.29, 1.82) is 0 Å². The molecule has 0 bridgehead atoms. The van der Waals surface area contributed by atoms with E-state index in [4.69, 9.17) is 0 Å². The number of aliphatic hydroxyl groups excluding tert-OH is 1. The summed E-state index contributed by atoms with van der Waals surface area (Å²) < 4.78 is 27.7. The van der Waals surface area contributed by atoms with E-state index in [0.717, 1.165) is 24.0 Å². The molecule has 0 unspecified atom stereocenters. The Bertz CT molecular complexity index is 1090. The Balaban J connectivity index is 1.69. The van der Waals surface area contributed by atoms with Gasteiger partial charge in [-0.2, -0.15) is 4.31 Å². The third kappa shape index (κ3) is 4.30. The number of fused-ring (bicyclic) bond motifs is 1. The van der Waals surface area contributed by atoms with Gasteiger partial charge in [0.2, 0.25) is 10.0 Å². The van der Waals surface area contributed by atoms with Gasteiger partial charge in [0.25, 0.3) is 5.69 Å². The summed E-state index contributed by atoms with van der Waals surface area (Å²) in [6, 6.07) is 11.7. The fraction of sp³-hybridized carbons (Fsp3) is 0.455. The van der Waals surface area contributed by atoms with Crippen LogP contribution in [-0.4, -0.2) is 42.4 Å². The molecule has 2 aliphatic heterocycles. The highest BCUT2D eigenvalue weighted by Crippen LogP contribution is 2.36. The van der Waals surface area contributed by atoms with Gasteiger partial charge in [0, 0.05) is 32.2 Å². The van der Waals surface area contributed by atoms with Crippen LogP contribution in [0.5, 0.6) is 0 Å². The number of aliphatic hydroxyl groups is 1. The lowest BCUT2D eigenvalue weighted by atomic mass is 10.0. The van der Waals surface area contributed by atoms with Crippen molar-refractivity contribution >= 4 is 21.4 Å². The van der Waals surface area contributed by atoms with Crippen molar-refractivity contribution in [3.05, 3.63) is 63.7 Å². The molecular weight excluding hydrogens is 418 g/mol. The summed E-state index contributed by atoms with van der Waals surface area (Å²) in [7, 11) is -3.79. The van der Waals surface area contributed by atoms with E-state index in [-0.39, 0.29) is 16.5 Å². The van der Waals surface area contributed by atoms with Gasteiger partial charge in [0.1, 0.15) is 5.69 Å². The number of benzene rings is 2. The molecule has 166 valence electrons. The Hall–Kier alpha value is -2.49. The number of sulfonamides is 1. The van der Waals surface area contributed by atoms with Gasteiger partial charge in [0.05, 0.1) is 15.9 Å². The first-order valence-corrected chi connectivity index (χ1v) is 12.0. The largest absolute Gasteiger partial charge is 0.388 e. The van der Waals surface area contributed by atoms with E-state index in [2.05, 4.69) is 0 Å². The van der Waals surface area contributed by atoms with Crippen molar-refractivity contribution in [3.8, 4) is 0 Å². The van der Waals surface area contributed by atoms with Crippen molar-refractivity contribution in [2.24, 2.45) is 5.92 Å². The Morgan fingerprint density at radius 1 is 1.13 bits per heavy atom. The minimum absolute atomic E-state index is 0.0488. The van der Waals surface area contributed by atoms with E-state index in [9.17, 15) is 23.6 Å². The zero-order valence-electron chi connectivity index (χ0n) is 17.5. The molecule has 1 fully saturated rings. The van der Waals surface area contributed by atoms with E-state index in [1.807, 2.05) is 36.1 Å². The molecule has 0 saturated carbocycles. The third-order valence-electron chi connectivity index (χ3n) is 6.19. The smallest absolute Gasteiger partial charge is 0.293 e. The van der Waals surface area contributed by atoms with E-state index in [1.165, 1.54) is 22.5 Å². The van der Waals surface area contributed by atoms with Crippen molar-refractivity contribution in [2.45, 2.75) is 43.7 Å². The first kappa shape index (κ1) is 21.7. The second kappa shape index (κ2) is 8.57. The van der Waals surface area contributed by atoms with Crippen molar-refractivity contribution in [2.75, 3.05) is 24.5 Å². The topological polar surface area (TPSA) is 104 Å². The summed E-state index contributed by atoms with van der Waals surface area (Å²) in [5.41, 5.74) is 1.85. The van der Waals surface area contributed by atoms with Crippen molar-refractivity contribution in [3.63, 3.8) is 0 Å². The molecule has 4 rings (SSSR count). The number of anilines is 1. The van der Waals surface area contributed by atoms with Crippen LogP contribution in [0.15, 0.2) is 47.4 Å². The molecule has 0 radical (unpaired) electrons. The molecule has 9 heteroatoms. The van der Waals surface area contributed by atoms with Crippen LogP contribution in [0.1, 0.15) is 43.4 Å². The standard InChI is InChI=1S/C22H27N3O5S/c1-16-5-4-11-24(14-16)31(29,30)18-8-9-20(21(13-18)25(27)28)23-12-10-22(26)19-7-3-2-6-17(19)15-23/h2-3,6-9,13,16,22,26H,4-5,10-12,14-15H2,1H3/t16-,22+/m0/s1. The molecule has 2 aromatic carbocycles. The number of nitro benzene ring substituents is 1. The van der Waals surface area contributed by atoms with E-state index >= 15 is 0 Å². The fourth-order valence-corrected chi connectivity index (χ4v) is 6.14.